The summed E-state index contributed by atoms with van der Waals surface area (Å²) < 4.78 is 19.6. The topological polar surface area (TPSA) is 24.8 Å². The van der Waals surface area contributed by atoms with Crippen LogP contribution in [0.5, 0.6) is 5.75 Å². The van der Waals surface area contributed by atoms with E-state index in [1.807, 2.05) is 34.7 Å². The van der Waals surface area contributed by atoms with Gasteiger partial charge in [0.25, 0.3) is 0 Å². The molecule has 0 N–H and O–H groups in total. The van der Waals surface area contributed by atoms with Gasteiger partial charge in [-0.1, -0.05) is 29.8 Å². The summed E-state index contributed by atoms with van der Waals surface area (Å²) in [5.74, 6) is 0.532. The first kappa shape index (κ1) is 15.9. The van der Waals surface area contributed by atoms with Gasteiger partial charge in [-0.2, -0.15) is 5.10 Å². The molecule has 0 bridgehead atoms. The Bertz CT molecular complexity index is 988. The predicted molar refractivity (Wildman–Crippen MR) is 101 cm³/mol. The number of hydrazone groups is 1. The van der Waals surface area contributed by atoms with Gasteiger partial charge in [-0.3, -0.25) is 0 Å². The van der Waals surface area contributed by atoms with Crippen molar-refractivity contribution in [3.05, 3.63) is 86.8 Å². The van der Waals surface area contributed by atoms with E-state index in [9.17, 15) is 4.39 Å². The van der Waals surface area contributed by atoms with E-state index >= 15 is 0 Å². The van der Waals surface area contributed by atoms with Crippen molar-refractivity contribution >= 4 is 28.6 Å². The van der Waals surface area contributed by atoms with Crippen LogP contribution in [-0.4, -0.2) is 10.7 Å². The summed E-state index contributed by atoms with van der Waals surface area (Å²) in [4.78, 5) is 1.15. The number of halogens is 2. The minimum atomic E-state index is -0.397. The Kier molecular flexibility index (Phi) is 3.72. The van der Waals surface area contributed by atoms with Crippen LogP contribution < -0.4 is 4.74 Å². The molecule has 0 amide bonds. The zero-order chi connectivity index (χ0) is 17.7. The molecule has 0 radical (unpaired) electrons. The van der Waals surface area contributed by atoms with E-state index in [4.69, 9.17) is 21.4 Å². The van der Waals surface area contributed by atoms with Gasteiger partial charge in [-0.15, -0.1) is 11.3 Å². The van der Waals surface area contributed by atoms with E-state index in [1.54, 1.807) is 23.5 Å². The highest BCUT2D eigenvalue weighted by Gasteiger charge is 2.41. The van der Waals surface area contributed by atoms with Crippen LogP contribution in [0, 0.1) is 5.82 Å². The van der Waals surface area contributed by atoms with E-state index in [2.05, 4.69) is 6.07 Å². The summed E-state index contributed by atoms with van der Waals surface area (Å²) in [6.45, 7) is 0. The smallest absolute Gasteiger partial charge is 0.213 e. The lowest BCUT2D eigenvalue weighted by atomic mass is 9.97. The number of hydrogen-bond donors (Lipinski definition) is 0. The normalized spacial score (nSPS) is 21.0. The van der Waals surface area contributed by atoms with Crippen molar-refractivity contribution in [2.45, 2.75) is 18.7 Å². The molecule has 2 aliphatic rings. The maximum absolute atomic E-state index is 13.4. The van der Waals surface area contributed by atoms with Crippen molar-refractivity contribution in [3.63, 3.8) is 0 Å². The van der Waals surface area contributed by atoms with E-state index < -0.39 is 6.23 Å². The minimum Gasteiger partial charge on any atom is -0.464 e. The van der Waals surface area contributed by atoms with E-state index in [0.717, 1.165) is 33.9 Å². The number of fused-ring (bicyclic) bond motifs is 3. The first-order valence-corrected chi connectivity index (χ1v) is 9.56. The lowest BCUT2D eigenvalue weighted by molar-refractivity contribution is -0.0190. The van der Waals surface area contributed by atoms with Crippen LogP contribution in [0.25, 0.3) is 0 Å². The van der Waals surface area contributed by atoms with Gasteiger partial charge >= 0.3 is 0 Å². The molecule has 0 fully saturated rings. The summed E-state index contributed by atoms with van der Waals surface area (Å²) in [5.41, 5.74) is 2.94. The number of benzene rings is 2. The summed E-state index contributed by atoms with van der Waals surface area (Å²) in [7, 11) is 0. The molecule has 2 aromatic carbocycles. The lowest BCUT2D eigenvalue weighted by Gasteiger charge is -2.38. The molecule has 3 heterocycles. The van der Waals surface area contributed by atoms with Crippen LogP contribution in [0.15, 0.2) is 65.1 Å². The second-order valence-corrected chi connectivity index (χ2v) is 7.71. The third-order valence-electron chi connectivity index (χ3n) is 4.71. The largest absolute Gasteiger partial charge is 0.464 e. The van der Waals surface area contributed by atoms with E-state index in [-0.39, 0.29) is 11.9 Å². The third kappa shape index (κ3) is 2.59. The van der Waals surface area contributed by atoms with Crippen LogP contribution in [0.2, 0.25) is 5.02 Å². The fraction of sp³-hybridized carbons (Fsp3) is 0.150. The van der Waals surface area contributed by atoms with Crippen LogP contribution in [-0.2, 0) is 0 Å². The highest BCUT2D eigenvalue weighted by atomic mass is 35.5. The molecule has 1 aromatic heterocycles. The Morgan fingerprint density at radius 2 is 2.00 bits per heavy atom. The Hall–Kier alpha value is -2.37. The van der Waals surface area contributed by atoms with Gasteiger partial charge < -0.3 is 4.74 Å². The molecule has 0 unspecified atom stereocenters. The molecular formula is C20H14ClFN2OS. The van der Waals surface area contributed by atoms with Gasteiger partial charge in [0.05, 0.1) is 16.6 Å². The van der Waals surface area contributed by atoms with E-state index in [0.29, 0.717) is 5.02 Å². The standard InChI is InChI=1S/C20H14ClFN2OS/c21-13-5-8-18-15(10-13)17-11-16(19-2-1-9-26-19)23-24(17)20(25-18)12-3-6-14(22)7-4-12/h1-10,17,20H,11H2/t17-,20-/m0/s1. The molecule has 2 atom stereocenters. The van der Waals surface area contributed by atoms with Crippen molar-refractivity contribution in [2.75, 3.05) is 0 Å². The lowest BCUT2D eigenvalue weighted by Crippen LogP contribution is -2.33. The molecule has 0 spiro atoms. The Balaban J connectivity index is 1.61. The zero-order valence-electron chi connectivity index (χ0n) is 13.6. The maximum Gasteiger partial charge on any atom is 0.213 e. The predicted octanol–water partition coefficient (Wildman–Crippen LogP) is 5.78. The first-order chi connectivity index (χ1) is 12.7. The number of thiophene rings is 1. The van der Waals surface area contributed by atoms with Crippen LogP contribution in [0.4, 0.5) is 4.39 Å². The highest BCUT2D eigenvalue weighted by molar-refractivity contribution is 7.12. The van der Waals surface area contributed by atoms with Crippen LogP contribution in [0.3, 0.4) is 0 Å². The molecule has 0 saturated heterocycles. The first-order valence-electron chi connectivity index (χ1n) is 8.30. The monoisotopic (exact) mass is 384 g/mol. The summed E-state index contributed by atoms with van der Waals surface area (Å²) in [5, 5.41) is 9.56. The van der Waals surface area contributed by atoms with Crippen LogP contribution in [0.1, 0.15) is 34.7 Å². The second kappa shape index (κ2) is 6.11. The average molecular weight is 385 g/mol. The zero-order valence-corrected chi connectivity index (χ0v) is 15.2. The molecule has 130 valence electrons. The van der Waals surface area contributed by atoms with Crippen molar-refractivity contribution < 1.29 is 9.13 Å². The van der Waals surface area contributed by atoms with Crippen molar-refractivity contribution in [1.82, 2.24) is 5.01 Å². The Morgan fingerprint density at radius 3 is 2.77 bits per heavy atom. The average Bonchev–Trinajstić information content (AvgIpc) is 3.32. The summed E-state index contributed by atoms with van der Waals surface area (Å²) in [6, 6.07) is 16.2. The van der Waals surface area contributed by atoms with Gasteiger partial charge in [0.1, 0.15) is 11.6 Å². The van der Waals surface area contributed by atoms with Gasteiger partial charge in [-0.25, -0.2) is 9.40 Å². The molecule has 5 rings (SSSR count). The SMILES string of the molecule is Fc1ccc([C@@H]2Oc3ccc(Cl)cc3[C@@H]3CC(c4cccs4)=NN32)cc1. The number of rotatable bonds is 2. The third-order valence-corrected chi connectivity index (χ3v) is 5.87. The Morgan fingerprint density at radius 1 is 1.15 bits per heavy atom. The Labute approximate surface area is 159 Å². The van der Waals surface area contributed by atoms with Crippen LogP contribution >= 0.6 is 22.9 Å². The van der Waals surface area contributed by atoms with Gasteiger partial charge in [0, 0.05) is 22.6 Å². The van der Waals surface area contributed by atoms with E-state index in [1.165, 1.54) is 12.1 Å². The van der Waals surface area contributed by atoms with Gasteiger partial charge in [0.2, 0.25) is 6.23 Å². The second-order valence-electron chi connectivity index (χ2n) is 6.33. The molecule has 26 heavy (non-hydrogen) atoms. The fourth-order valence-corrected chi connectivity index (χ4v) is 4.40. The maximum atomic E-state index is 13.4. The number of ether oxygens (including phenoxy) is 1. The summed E-state index contributed by atoms with van der Waals surface area (Å²) in [6.07, 6.45) is 0.390. The fourth-order valence-electron chi connectivity index (χ4n) is 3.50. The summed E-state index contributed by atoms with van der Waals surface area (Å²) >= 11 is 7.90. The quantitative estimate of drug-likeness (QED) is 0.559. The van der Waals surface area contributed by atoms with Crippen molar-refractivity contribution in [3.8, 4) is 5.75 Å². The highest BCUT2D eigenvalue weighted by Crippen LogP contribution is 2.48. The molecule has 6 heteroatoms. The molecular weight excluding hydrogens is 371 g/mol. The van der Waals surface area contributed by atoms with Gasteiger partial charge in [0.15, 0.2) is 0 Å². The molecule has 2 aliphatic heterocycles. The number of nitrogens with zero attached hydrogens (tertiary/aromatic N) is 2. The van der Waals surface area contributed by atoms with Crippen molar-refractivity contribution in [1.29, 1.82) is 0 Å². The van der Waals surface area contributed by atoms with Gasteiger partial charge in [-0.05, 0) is 41.8 Å². The number of hydrogen-bond acceptors (Lipinski definition) is 4. The minimum absolute atomic E-state index is 0.0459. The molecule has 0 saturated carbocycles. The molecule has 0 aliphatic carbocycles. The van der Waals surface area contributed by atoms with Crippen molar-refractivity contribution in [2.24, 2.45) is 5.10 Å². The molecule has 3 aromatic rings. The molecule has 3 nitrogen and oxygen atoms in total.